The summed E-state index contributed by atoms with van der Waals surface area (Å²) in [6, 6.07) is 10.0. The molecule has 3 rings (SSSR count). The summed E-state index contributed by atoms with van der Waals surface area (Å²) in [6.45, 7) is 2.21. The smallest absolute Gasteiger partial charge is 0.137 e. The molecule has 0 radical (unpaired) electrons. The van der Waals surface area contributed by atoms with Crippen LogP contribution in [0, 0.1) is 5.92 Å². The van der Waals surface area contributed by atoms with Crippen molar-refractivity contribution in [3.63, 3.8) is 0 Å². The van der Waals surface area contributed by atoms with E-state index in [9.17, 15) is 4.79 Å². The quantitative estimate of drug-likeness (QED) is 0.916. The lowest BCUT2D eigenvalue weighted by atomic mass is 9.91. The van der Waals surface area contributed by atoms with Gasteiger partial charge < -0.3 is 5.32 Å². The number of fused-ring (bicyclic) bond motifs is 1. The minimum atomic E-state index is 0.352. The number of piperidine rings is 1. The van der Waals surface area contributed by atoms with Gasteiger partial charge in [-0.25, -0.2) is 0 Å². The lowest BCUT2D eigenvalue weighted by Gasteiger charge is -2.22. The number of Topliss-reactive ketones (excluding diaryl/α,β-unsaturated/α-hetero) is 1. The summed E-state index contributed by atoms with van der Waals surface area (Å²) >= 11 is 0. The monoisotopic (exact) mass is 282 g/mol. The highest BCUT2D eigenvalue weighted by Gasteiger charge is 2.15. The Morgan fingerprint density at radius 1 is 1.19 bits per heavy atom. The van der Waals surface area contributed by atoms with Crippen LogP contribution in [0.5, 0.6) is 0 Å². The van der Waals surface area contributed by atoms with Gasteiger partial charge in [0.1, 0.15) is 5.78 Å². The Bertz CT molecular complexity index is 612. The number of aromatic nitrogens is 1. The van der Waals surface area contributed by atoms with Gasteiger partial charge in [-0.2, -0.15) is 0 Å². The van der Waals surface area contributed by atoms with E-state index in [0.29, 0.717) is 18.6 Å². The predicted octanol–water partition coefficient (Wildman–Crippen LogP) is 3.13. The molecule has 0 atom stereocenters. The van der Waals surface area contributed by atoms with Crippen molar-refractivity contribution < 1.29 is 4.79 Å². The molecule has 2 heterocycles. The number of nitrogens with zero attached hydrogens (tertiary/aromatic N) is 1. The summed E-state index contributed by atoms with van der Waals surface area (Å²) < 4.78 is 0. The zero-order valence-electron chi connectivity index (χ0n) is 12.3. The van der Waals surface area contributed by atoms with E-state index >= 15 is 0 Å². The molecule has 3 heteroatoms. The van der Waals surface area contributed by atoms with E-state index in [1.54, 1.807) is 6.20 Å². The summed E-state index contributed by atoms with van der Waals surface area (Å²) in [5, 5.41) is 4.48. The zero-order chi connectivity index (χ0) is 14.5. The van der Waals surface area contributed by atoms with Crippen molar-refractivity contribution in [1.82, 2.24) is 10.3 Å². The largest absolute Gasteiger partial charge is 0.317 e. The molecule has 21 heavy (non-hydrogen) atoms. The Balaban J connectivity index is 1.61. The number of carbonyl (C=O) groups is 1. The van der Waals surface area contributed by atoms with Gasteiger partial charge in [-0.1, -0.05) is 18.2 Å². The molecule has 2 aromatic rings. The van der Waals surface area contributed by atoms with Crippen LogP contribution in [0.3, 0.4) is 0 Å². The van der Waals surface area contributed by atoms with Crippen LogP contribution in [0.25, 0.3) is 10.9 Å². The van der Waals surface area contributed by atoms with Crippen LogP contribution in [0.15, 0.2) is 36.5 Å². The fourth-order valence-electron chi connectivity index (χ4n) is 3.15. The van der Waals surface area contributed by atoms with Crippen LogP contribution in [0.4, 0.5) is 0 Å². The minimum Gasteiger partial charge on any atom is -0.317 e. The maximum Gasteiger partial charge on any atom is 0.137 e. The summed E-state index contributed by atoms with van der Waals surface area (Å²) in [6.07, 6.45) is 6.52. The van der Waals surface area contributed by atoms with E-state index < -0.39 is 0 Å². The number of hydrogen-bond acceptors (Lipinski definition) is 3. The fourth-order valence-corrected chi connectivity index (χ4v) is 3.15. The molecule has 1 aromatic heterocycles. The Kier molecular flexibility index (Phi) is 4.61. The molecule has 1 saturated heterocycles. The number of para-hydroxylation sites is 1. The maximum atomic E-state index is 12.3. The summed E-state index contributed by atoms with van der Waals surface area (Å²) in [4.78, 5) is 16.6. The van der Waals surface area contributed by atoms with Crippen LogP contribution in [-0.4, -0.2) is 23.9 Å². The fraction of sp³-hybridized carbons (Fsp3) is 0.444. The number of hydrogen-bond donors (Lipinski definition) is 1. The number of pyridine rings is 1. The Labute approximate surface area is 125 Å². The lowest BCUT2D eigenvalue weighted by molar-refractivity contribution is -0.118. The van der Waals surface area contributed by atoms with Crippen LogP contribution in [0.1, 0.15) is 31.2 Å². The first-order chi connectivity index (χ1) is 10.3. The molecular formula is C18H22N2O. The molecule has 0 amide bonds. The van der Waals surface area contributed by atoms with Crippen molar-refractivity contribution in [2.75, 3.05) is 13.1 Å². The van der Waals surface area contributed by atoms with Gasteiger partial charge in [-0.3, -0.25) is 9.78 Å². The zero-order valence-corrected chi connectivity index (χ0v) is 12.3. The van der Waals surface area contributed by atoms with Gasteiger partial charge in [0.2, 0.25) is 0 Å². The average Bonchev–Trinajstić information content (AvgIpc) is 2.54. The number of carbonyl (C=O) groups excluding carboxylic acids is 1. The first-order valence-corrected chi connectivity index (χ1v) is 7.88. The van der Waals surface area contributed by atoms with Crippen LogP contribution in [0.2, 0.25) is 0 Å². The minimum absolute atomic E-state index is 0.352. The van der Waals surface area contributed by atoms with Crippen molar-refractivity contribution in [2.45, 2.75) is 32.1 Å². The van der Waals surface area contributed by atoms with E-state index in [1.807, 2.05) is 24.3 Å². The molecule has 1 aliphatic rings. The molecule has 1 fully saturated rings. The third kappa shape index (κ3) is 3.67. The third-order valence-electron chi connectivity index (χ3n) is 4.42. The van der Waals surface area contributed by atoms with E-state index in [4.69, 9.17) is 0 Å². The van der Waals surface area contributed by atoms with Crippen LogP contribution >= 0.6 is 0 Å². The third-order valence-corrected chi connectivity index (χ3v) is 4.42. The molecule has 110 valence electrons. The van der Waals surface area contributed by atoms with Gasteiger partial charge in [0.25, 0.3) is 0 Å². The number of nitrogens with one attached hydrogen (secondary N) is 1. The molecule has 0 spiro atoms. The topological polar surface area (TPSA) is 42.0 Å². The number of rotatable bonds is 5. The molecule has 0 bridgehead atoms. The maximum absolute atomic E-state index is 12.3. The second kappa shape index (κ2) is 6.81. The van der Waals surface area contributed by atoms with E-state index in [-0.39, 0.29) is 0 Å². The highest BCUT2D eigenvalue weighted by molar-refractivity contribution is 5.88. The van der Waals surface area contributed by atoms with Gasteiger partial charge in [0.05, 0.1) is 5.52 Å². The second-order valence-corrected chi connectivity index (χ2v) is 5.93. The molecule has 1 aliphatic heterocycles. The molecule has 1 N–H and O–H groups in total. The first kappa shape index (κ1) is 14.2. The average molecular weight is 282 g/mol. The van der Waals surface area contributed by atoms with Gasteiger partial charge >= 0.3 is 0 Å². The number of ketones is 1. The van der Waals surface area contributed by atoms with Gasteiger partial charge in [-0.15, -0.1) is 0 Å². The van der Waals surface area contributed by atoms with Gasteiger partial charge in [0.15, 0.2) is 0 Å². The molecule has 0 unspecified atom stereocenters. The van der Waals surface area contributed by atoms with Crippen LogP contribution < -0.4 is 5.32 Å². The lowest BCUT2D eigenvalue weighted by Crippen LogP contribution is -2.28. The summed E-state index contributed by atoms with van der Waals surface area (Å²) in [7, 11) is 0. The van der Waals surface area contributed by atoms with E-state index in [1.165, 1.54) is 12.8 Å². The first-order valence-electron chi connectivity index (χ1n) is 7.88. The Hall–Kier alpha value is -1.74. The van der Waals surface area contributed by atoms with Crippen molar-refractivity contribution in [1.29, 1.82) is 0 Å². The second-order valence-electron chi connectivity index (χ2n) is 5.93. The van der Waals surface area contributed by atoms with Crippen molar-refractivity contribution >= 4 is 16.7 Å². The predicted molar refractivity (Wildman–Crippen MR) is 85.3 cm³/mol. The molecule has 0 aliphatic carbocycles. The number of benzene rings is 1. The SMILES string of the molecule is O=C(CCC1CCNCC1)Cc1ccnc2ccccc12. The molecule has 1 aromatic carbocycles. The summed E-state index contributed by atoms with van der Waals surface area (Å²) in [5.74, 6) is 1.08. The van der Waals surface area contributed by atoms with Crippen LogP contribution in [-0.2, 0) is 11.2 Å². The van der Waals surface area contributed by atoms with Crippen molar-refractivity contribution in [3.05, 3.63) is 42.1 Å². The summed E-state index contributed by atoms with van der Waals surface area (Å²) in [5.41, 5.74) is 2.08. The molecular weight excluding hydrogens is 260 g/mol. The Morgan fingerprint density at radius 3 is 2.86 bits per heavy atom. The highest BCUT2D eigenvalue weighted by Crippen LogP contribution is 2.20. The highest BCUT2D eigenvalue weighted by atomic mass is 16.1. The Morgan fingerprint density at radius 2 is 2.00 bits per heavy atom. The van der Waals surface area contributed by atoms with Gasteiger partial charge in [0, 0.05) is 24.4 Å². The van der Waals surface area contributed by atoms with Crippen molar-refractivity contribution in [2.24, 2.45) is 5.92 Å². The van der Waals surface area contributed by atoms with Crippen molar-refractivity contribution in [3.8, 4) is 0 Å². The van der Waals surface area contributed by atoms with E-state index in [0.717, 1.165) is 41.9 Å². The normalized spacial score (nSPS) is 16.2. The standard InChI is InChI=1S/C18H22N2O/c21-16(6-5-14-7-10-19-11-8-14)13-15-9-12-20-18-4-2-1-3-17(15)18/h1-4,9,12,14,19H,5-8,10-11,13H2. The molecule has 3 nitrogen and oxygen atoms in total. The molecule has 0 saturated carbocycles. The van der Waals surface area contributed by atoms with E-state index in [2.05, 4.69) is 16.4 Å². The van der Waals surface area contributed by atoms with Gasteiger partial charge in [-0.05, 0) is 56.0 Å².